The molecule has 1 aliphatic rings. The van der Waals surface area contributed by atoms with E-state index in [1.807, 2.05) is 6.07 Å². The molecule has 0 unspecified atom stereocenters. The number of hydrogen-bond acceptors (Lipinski definition) is 4. The van der Waals surface area contributed by atoms with Crippen molar-refractivity contribution in [3.8, 4) is 6.07 Å². The van der Waals surface area contributed by atoms with E-state index in [1.54, 1.807) is 24.3 Å². The summed E-state index contributed by atoms with van der Waals surface area (Å²) in [7, 11) is 0. The predicted molar refractivity (Wildman–Crippen MR) is 113 cm³/mol. The van der Waals surface area contributed by atoms with Crippen molar-refractivity contribution in [3.63, 3.8) is 0 Å². The van der Waals surface area contributed by atoms with Crippen molar-refractivity contribution in [2.24, 2.45) is 0 Å². The number of carbonyl (C=O) groups excluding carboxylic acids is 1. The molecule has 4 nitrogen and oxygen atoms in total. The van der Waals surface area contributed by atoms with Crippen molar-refractivity contribution < 1.29 is 4.79 Å². The summed E-state index contributed by atoms with van der Waals surface area (Å²) in [5.74, 6) is 0.149. The number of nitriles is 1. The monoisotopic (exact) mass is 405 g/mol. The predicted octanol–water partition coefficient (Wildman–Crippen LogP) is 3.79. The van der Waals surface area contributed by atoms with Crippen LogP contribution in [0.15, 0.2) is 54.6 Å². The first-order chi connectivity index (χ1) is 12.2. The normalized spacial score (nSPS) is 14.5. The number of halogens is 2. The van der Waals surface area contributed by atoms with Crippen molar-refractivity contribution in [2.45, 2.75) is 13.0 Å². The third kappa shape index (κ3) is 6.97. The molecular formula is C21H25Cl2N3O. The topological polar surface area (TPSA) is 47.3 Å². The number of nitrogens with zero attached hydrogens (tertiary/aromatic N) is 3. The largest absolute Gasteiger partial charge is 0.300 e. The lowest BCUT2D eigenvalue weighted by molar-refractivity contribution is 0.0922. The Morgan fingerprint density at radius 3 is 2.07 bits per heavy atom. The fourth-order valence-electron chi connectivity index (χ4n) is 3.15. The van der Waals surface area contributed by atoms with Crippen molar-refractivity contribution in [1.82, 2.24) is 9.80 Å². The van der Waals surface area contributed by atoms with E-state index in [9.17, 15) is 4.79 Å². The summed E-state index contributed by atoms with van der Waals surface area (Å²) in [6, 6.07) is 19.5. The summed E-state index contributed by atoms with van der Waals surface area (Å²) in [4.78, 5) is 17.1. The van der Waals surface area contributed by atoms with Crippen LogP contribution < -0.4 is 0 Å². The van der Waals surface area contributed by atoms with Crippen LogP contribution in [0.4, 0.5) is 0 Å². The molecule has 6 heteroatoms. The van der Waals surface area contributed by atoms with Crippen LogP contribution in [-0.2, 0) is 6.54 Å². The first-order valence-electron chi connectivity index (χ1n) is 8.76. The van der Waals surface area contributed by atoms with Crippen molar-refractivity contribution in [3.05, 3.63) is 71.3 Å². The second-order valence-electron chi connectivity index (χ2n) is 6.47. The van der Waals surface area contributed by atoms with Gasteiger partial charge in [-0.2, -0.15) is 5.26 Å². The first-order valence-corrected chi connectivity index (χ1v) is 8.76. The zero-order valence-corrected chi connectivity index (χ0v) is 16.8. The molecule has 0 atom stereocenters. The van der Waals surface area contributed by atoms with E-state index in [0.29, 0.717) is 17.5 Å². The lowest BCUT2D eigenvalue weighted by atomic mass is 10.1. The number of rotatable bonds is 6. The number of piperazine rings is 1. The molecule has 0 aliphatic carbocycles. The fraction of sp³-hybridized carbons (Fsp3) is 0.333. The van der Waals surface area contributed by atoms with Crippen LogP contribution in [0, 0.1) is 11.3 Å². The summed E-state index contributed by atoms with van der Waals surface area (Å²) in [5.41, 5.74) is 2.64. The summed E-state index contributed by atoms with van der Waals surface area (Å²) in [6.45, 7) is 5.90. The van der Waals surface area contributed by atoms with Gasteiger partial charge in [0.15, 0.2) is 5.78 Å². The van der Waals surface area contributed by atoms with Gasteiger partial charge in [0.25, 0.3) is 0 Å². The van der Waals surface area contributed by atoms with Gasteiger partial charge in [0, 0.05) is 51.3 Å². The summed E-state index contributed by atoms with van der Waals surface area (Å²) in [6.07, 6.45) is 0.532. The van der Waals surface area contributed by atoms with Crippen molar-refractivity contribution in [1.29, 1.82) is 5.26 Å². The van der Waals surface area contributed by atoms with E-state index in [0.717, 1.165) is 39.3 Å². The Kier molecular flexibility index (Phi) is 10.1. The van der Waals surface area contributed by atoms with E-state index in [4.69, 9.17) is 5.26 Å². The van der Waals surface area contributed by atoms with Gasteiger partial charge in [-0.05, 0) is 17.7 Å². The zero-order chi connectivity index (χ0) is 17.5. The SMILES string of the molecule is Cl.Cl.N#Cc1ccc(C(=O)CCN2CCN(Cc3ccccc3)CC2)cc1. The van der Waals surface area contributed by atoms with Gasteiger partial charge in [-0.15, -0.1) is 24.8 Å². The van der Waals surface area contributed by atoms with Crippen LogP contribution in [0.5, 0.6) is 0 Å². The van der Waals surface area contributed by atoms with Crippen LogP contribution in [0.3, 0.4) is 0 Å². The summed E-state index contributed by atoms with van der Waals surface area (Å²) >= 11 is 0. The molecule has 27 heavy (non-hydrogen) atoms. The minimum Gasteiger partial charge on any atom is -0.300 e. The molecule has 0 aromatic heterocycles. The van der Waals surface area contributed by atoms with Crippen LogP contribution in [0.2, 0.25) is 0 Å². The summed E-state index contributed by atoms with van der Waals surface area (Å²) < 4.78 is 0. The van der Waals surface area contributed by atoms with Crippen molar-refractivity contribution in [2.75, 3.05) is 32.7 Å². The Hall–Kier alpha value is -1.90. The minimum atomic E-state index is 0. The van der Waals surface area contributed by atoms with Gasteiger partial charge >= 0.3 is 0 Å². The van der Waals surface area contributed by atoms with Gasteiger partial charge in [0.05, 0.1) is 11.6 Å². The van der Waals surface area contributed by atoms with E-state index in [2.05, 4.69) is 40.1 Å². The smallest absolute Gasteiger partial charge is 0.164 e. The molecule has 0 N–H and O–H groups in total. The first kappa shape index (κ1) is 23.1. The van der Waals surface area contributed by atoms with Crippen LogP contribution in [0.1, 0.15) is 27.9 Å². The summed E-state index contributed by atoms with van der Waals surface area (Å²) in [5, 5.41) is 8.81. The number of hydrogen-bond donors (Lipinski definition) is 0. The molecule has 144 valence electrons. The van der Waals surface area contributed by atoms with Gasteiger partial charge < -0.3 is 4.90 Å². The van der Waals surface area contributed by atoms with Gasteiger partial charge in [-0.3, -0.25) is 9.69 Å². The average Bonchev–Trinajstić information content (AvgIpc) is 2.68. The lowest BCUT2D eigenvalue weighted by Crippen LogP contribution is -2.46. The minimum absolute atomic E-state index is 0. The maximum atomic E-state index is 12.3. The molecular weight excluding hydrogens is 381 g/mol. The molecule has 2 aromatic carbocycles. The van der Waals surface area contributed by atoms with E-state index in [1.165, 1.54) is 5.56 Å². The van der Waals surface area contributed by atoms with Gasteiger partial charge in [-0.25, -0.2) is 0 Å². The molecule has 3 rings (SSSR count). The highest BCUT2D eigenvalue weighted by Crippen LogP contribution is 2.11. The molecule has 0 bridgehead atoms. The molecule has 1 aliphatic heterocycles. The third-order valence-electron chi connectivity index (χ3n) is 4.70. The van der Waals surface area contributed by atoms with Gasteiger partial charge in [-0.1, -0.05) is 42.5 Å². The molecule has 1 saturated heterocycles. The number of benzene rings is 2. The highest BCUT2D eigenvalue weighted by Gasteiger charge is 2.17. The molecule has 0 saturated carbocycles. The highest BCUT2D eigenvalue weighted by atomic mass is 35.5. The van der Waals surface area contributed by atoms with Crippen LogP contribution in [0.25, 0.3) is 0 Å². The molecule has 0 radical (unpaired) electrons. The number of ketones is 1. The maximum absolute atomic E-state index is 12.3. The second kappa shape index (κ2) is 11.7. The highest BCUT2D eigenvalue weighted by molar-refractivity contribution is 5.96. The van der Waals surface area contributed by atoms with Crippen LogP contribution >= 0.6 is 24.8 Å². The number of Topliss-reactive ketones (excluding diaryl/α,β-unsaturated/α-hetero) is 1. The Labute approximate surface area is 173 Å². The van der Waals surface area contributed by atoms with E-state index in [-0.39, 0.29) is 30.6 Å². The average molecular weight is 406 g/mol. The molecule has 2 aromatic rings. The Morgan fingerprint density at radius 2 is 1.48 bits per heavy atom. The van der Waals surface area contributed by atoms with Gasteiger partial charge in [0.1, 0.15) is 0 Å². The van der Waals surface area contributed by atoms with E-state index < -0.39 is 0 Å². The second-order valence-corrected chi connectivity index (χ2v) is 6.47. The van der Waals surface area contributed by atoms with Gasteiger partial charge in [0.2, 0.25) is 0 Å². The van der Waals surface area contributed by atoms with Crippen molar-refractivity contribution >= 4 is 30.6 Å². The fourth-order valence-corrected chi connectivity index (χ4v) is 3.15. The standard InChI is InChI=1S/C21H23N3O.2ClH/c22-16-18-6-8-20(9-7-18)21(25)10-11-23-12-14-24(15-13-23)17-19-4-2-1-3-5-19;;/h1-9H,10-15,17H2;2*1H. The third-order valence-corrected chi connectivity index (χ3v) is 4.70. The van der Waals surface area contributed by atoms with E-state index >= 15 is 0 Å². The molecule has 0 amide bonds. The Bertz CT molecular complexity index is 736. The maximum Gasteiger partial charge on any atom is 0.164 e. The zero-order valence-electron chi connectivity index (χ0n) is 15.2. The lowest BCUT2D eigenvalue weighted by Gasteiger charge is -2.34. The Morgan fingerprint density at radius 1 is 0.889 bits per heavy atom. The quantitative estimate of drug-likeness (QED) is 0.685. The number of carbonyl (C=O) groups is 1. The Balaban J connectivity index is 0.00000182. The molecule has 1 heterocycles. The molecule has 0 spiro atoms. The van der Waals surface area contributed by atoms with Crippen LogP contribution in [-0.4, -0.2) is 48.3 Å². The molecule has 1 fully saturated rings.